The maximum Gasteiger partial charge on any atom is 0.343 e. The molecule has 1 amide bonds. The average Bonchev–Trinajstić information content (AvgIpc) is 3.45. The van der Waals surface area contributed by atoms with Crippen LogP contribution in [-0.2, 0) is 17.6 Å². The minimum atomic E-state index is -0.418. The van der Waals surface area contributed by atoms with E-state index < -0.39 is 5.63 Å². The van der Waals surface area contributed by atoms with Crippen LogP contribution in [0.15, 0.2) is 33.5 Å². The Kier molecular flexibility index (Phi) is 5.25. The molecule has 1 aromatic carbocycles. The Morgan fingerprint density at radius 2 is 1.93 bits per heavy atom. The number of aromatic hydroxyl groups is 1. The molecule has 0 bridgehead atoms. The maximum atomic E-state index is 12.9. The zero-order chi connectivity index (χ0) is 19.7. The second-order valence-electron chi connectivity index (χ2n) is 8.09. The second kappa shape index (κ2) is 7.82. The molecule has 28 heavy (non-hydrogen) atoms. The van der Waals surface area contributed by atoms with E-state index in [1.54, 1.807) is 0 Å². The number of aryl methyl sites for hydroxylation is 1. The van der Waals surface area contributed by atoms with E-state index in [0.717, 1.165) is 56.1 Å². The Bertz CT molecular complexity index is 942. The van der Waals surface area contributed by atoms with E-state index in [0.29, 0.717) is 29.3 Å². The molecule has 0 radical (unpaired) electrons. The molecule has 1 aromatic heterocycles. The van der Waals surface area contributed by atoms with Gasteiger partial charge in [-0.05, 0) is 55.7 Å². The Hall–Kier alpha value is -2.56. The van der Waals surface area contributed by atoms with Gasteiger partial charge in [0, 0.05) is 30.5 Å². The number of anilines is 1. The fourth-order valence-corrected chi connectivity index (χ4v) is 4.41. The predicted octanol–water partition coefficient (Wildman–Crippen LogP) is 4.50. The van der Waals surface area contributed by atoms with Gasteiger partial charge in [-0.2, -0.15) is 0 Å². The summed E-state index contributed by atoms with van der Waals surface area (Å²) < 4.78 is 5.74. The topological polar surface area (TPSA) is 79.5 Å². The number of nitrogens with one attached hydrogen (secondary N) is 1. The van der Waals surface area contributed by atoms with Crippen LogP contribution in [0.3, 0.4) is 0 Å². The van der Waals surface area contributed by atoms with Crippen molar-refractivity contribution >= 4 is 11.6 Å². The van der Waals surface area contributed by atoms with E-state index in [1.807, 2.05) is 24.3 Å². The number of fused-ring (bicyclic) bond motifs is 1. The number of hydrogen-bond donors (Lipinski definition) is 2. The Morgan fingerprint density at radius 3 is 2.64 bits per heavy atom. The number of carbonyl (C=O) groups is 1. The highest BCUT2D eigenvalue weighted by Gasteiger charge is 2.38. The van der Waals surface area contributed by atoms with Gasteiger partial charge < -0.3 is 14.8 Å². The van der Waals surface area contributed by atoms with Gasteiger partial charge in [0.1, 0.15) is 11.5 Å². The van der Waals surface area contributed by atoms with Gasteiger partial charge in [-0.3, -0.25) is 4.79 Å². The van der Waals surface area contributed by atoms with Crippen molar-refractivity contribution in [2.45, 2.75) is 64.2 Å². The zero-order valence-electron chi connectivity index (χ0n) is 16.3. The monoisotopic (exact) mass is 381 g/mol. The first-order valence-electron chi connectivity index (χ1n) is 10.3. The molecule has 1 fully saturated rings. The molecule has 5 heteroatoms. The number of carbonyl (C=O) groups excluding carboxylic acids is 1. The van der Waals surface area contributed by atoms with Crippen molar-refractivity contribution in [1.82, 2.24) is 0 Å². The fourth-order valence-electron chi connectivity index (χ4n) is 4.41. The molecule has 1 unspecified atom stereocenters. The van der Waals surface area contributed by atoms with Gasteiger partial charge in [0.2, 0.25) is 5.91 Å². The molecule has 2 N–H and O–H groups in total. The molecular formula is C23H27NO4. The SMILES string of the molecule is CC(=O)Nc1cccc(C(c2c(O)c3c(oc2=O)CCCCCC3)C2CC2)c1. The Labute approximate surface area is 164 Å². The van der Waals surface area contributed by atoms with Crippen molar-refractivity contribution in [3.05, 3.63) is 57.1 Å². The fraction of sp³-hybridized carbons (Fsp3) is 0.478. The van der Waals surface area contributed by atoms with Crippen LogP contribution in [0.2, 0.25) is 0 Å². The number of benzene rings is 1. The van der Waals surface area contributed by atoms with Crippen molar-refractivity contribution in [2.24, 2.45) is 5.92 Å². The van der Waals surface area contributed by atoms with Crippen LogP contribution < -0.4 is 10.9 Å². The minimum absolute atomic E-state index is 0.134. The smallest absolute Gasteiger partial charge is 0.343 e. The van der Waals surface area contributed by atoms with Gasteiger partial charge in [0.25, 0.3) is 0 Å². The zero-order valence-corrected chi connectivity index (χ0v) is 16.3. The van der Waals surface area contributed by atoms with Crippen molar-refractivity contribution in [1.29, 1.82) is 0 Å². The standard InChI is InChI=1S/C23H27NO4/c1-14(25)24-17-8-6-7-16(13-17)20(15-11-12-15)21-22(26)18-9-4-2-3-5-10-19(18)28-23(21)27/h6-8,13,15,20,26H,2-5,9-12H2,1H3,(H,24,25). The normalized spacial score (nSPS) is 17.9. The Morgan fingerprint density at radius 1 is 1.18 bits per heavy atom. The highest BCUT2D eigenvalue weighted by atomic mass is 16.4. The molecule has 0 saturated heterocycles. The van der Waals surface area contributed by atoms with E-state index in [1.165, 1.54) is 6.92 Å². The lowest BCUT2D eigenvalue weighted by molar-refractivity contribution is -0.114. The molecule has 4 rings (SSSR count). The molecule has 1 atom stereocenters. The van der Waals surface area contributed by atoms with Gasteiger partial charge in [-0.25, -0.2) is 4.79 Å². The molecular weight excluding hydrogens is 354 g/mol. The number of amides is 1. The third-order valence-electron chi connectivity index (χ3n) is 5.86. The lowest BCUT2D eigenvalue weighted by Gasteiger charge is -2.21. The van der Waals surface area contributed by atoms with Crippen molar-refractivity contribution in [3.8, 4) is 5.75 Å². The highest BCUT2D eigenvalue weighted by molar-refractivity contribution is 5.88. The highest BCUT2D eigenvalue weighted by Crippen LogP contribution is 2.49. The van der Waals surface area contributed by atoms with E-state index in [9.17, 15) is 14.7 Å². The molecule has 2 aliphatic rings. The van der Waals surface area contributed by atoms with Crippen LogP contribution in [-0.4, -0.2) is 11.0 Å². The third kappa shape index (κ3) is 3.84. The van der Waals surface area contributed by atoms with Crippen LogP contribution in [0.25, 0.3) is 0 Å². The molecule has 148 valence electrons. The molecule has 1 saturated carbocycles. The molecule has 1 heterocycles. The summed E-state index contributed by atoms with van der Waals surface area (Å²) in [6, 6.07) is 7.57. The summed E-state index contributed by atoms with van der Waals surface area (Å²) in [6.07, 6.45) is 7.76. The molecule has 5 nitrogen and oxygen atoms in total. The number of rotatable bonds is 4. The van der Waals surface area contributed by atoms with Gasteiger partial charge in [-0.15, -0.1) is 0 Å². The van der Waals surface area contributed by atoms with Crippen LogP contribution in [0.4, 0.5) is 5.69 Å². The summed E-state index contributed by atoms with van der Waals surface area (Å²) >= 11 is 0. The molecule has 2 aliphatic carbocycles. The van der Waals surface area contributed by atoms with E-state index in [4.69, 9.17) is 4.42 Å². The van der Waals surface area contributed by atoms with Gasteiger partial charge >= 0.3 is 5.63 Å². The van der Waals surface area contributed by atoms with Crippen LogP contribution in [0.5, 0.6) is 5.75 Å². The predicted molar refractivity (Wildman–Crippen MR) is 108 cm³/mol. The summed E-state index contributed by atoms with van der Waals surface area (Å²) in [5, 5.41) is 13.9. The maximum absolute atomic E-state index is 12.9. The van der Waals surface area contributed by atoms with E-state index >= 15 is 0 Å². The summed E-state index contributed by atoms with van der Waals surface area (Å²) in [6.45, 7) is 1.47. The first-order chi connectivity index (χ1) is 13.5. The van der Waals surface area contributed by atoms with Gasteiger partial charge in [0.05, 0.1) is 5.56 Å². The van der Waals surface area contributed by atoms with Crippen LogP contribution >= 0.6 is 0 Å². The molecule has 0 spiro atoms. The second-order valence-corrected chi connectivity index (χ2v) is 8.09. The quantitative estimate of drug-likeness (QED) is 0.817. The lowest BCUT2D eigenvalue weighted by atomic mass is 9.85. The summed E-state index contributed by atoms with van der Waals surface area (Å²) in [7, 11) is 0. The first kappa shape index (κ1) is 18.8. The first-order valence-corrected chi connectivity index (χ1v) is 10.3. The lowest BCUT2D eigenvalue weighted by Crippen LogP contribution is -2.19. The third-order valence-corrected chi connectivity index (χ3v) is 5.86. The Balaban J connectivity index is 1.80. The van der Waals surface area contributed by atoms with Crippen LogP contribution in [0, 0.1) is 5.92 Å². The summed E-state index contributed by atoms with van der Waals surface area (Å²) in [5.74, 6) is 0.764. The van der Waals surface area contributed by atoms with Crippen LogP contribution in [0.1, 0.15) is 73.8 Å². The summed E-state index contributed by atoms with van der Waals surface area (Å²) in [4.78, 5) is 24.3. The summed E-state index contributed by atoms with van der Waals surface area (Å²) in [5.41, 5.74) is 2.42. The molecule has 2 aromatic rings. The minimum Gasteiger partial charge on any atom is -0.507 e. The van der Waals surface area contributed by atoms with E-state index in [-0.39, 0.29) is 17.6 Å². The van der Waals surface area contributed by atoms with Crippen molar-refractivity contribution in [2.75, 3.05) is 5.32 Å². The van der Waals surface area contributed by atoms with Gasteiger partial charge in [-0.1, -0.05) is 25.0 Å². The van der Waals surface area contributed by atoms with Crippen molar-refractivity contribution in [3.63, 3.8) is 0 Å². The largest absolute Gasteiger partial charge is 0.507 e. The van der Waals surface area contributed by atoms with Gasteiger partial charge in [0.15, 0.2) is 0 Å². The average molecular weight is 381 g/mol. The van der Waals surface area contributed by atoms with E-state index in [2.05, 4.69) is 5.32 Å². The van der Waals surface area contributed by atoms with Crippen molar-refractivity contribution < 1.29 is 14.3 Å². The molecule has 0 aliphatic heterocycles. The number of hydrogen-bond acceptors (Lipinski definition) is 4.